The molecule has 0 saturated carbocycles. The van der Waals surface area contributed by atoms with Gasteiger partial charge in [0.25, 0.3) is 0 Å². The Balaban J connectivity index is 0.00000672. The van der Waals surface area contributed by atoms with Crippen molar-refractivity contribution in [3.8, 4) is 28.4 Å². The maximum absolute atomic E-state index is 7.04. The summed E-state index contributed by atoms with van der Waals surface area (Å²) in [6, 6.07) is 66.5. The molecule has 0 spiro atoms. The van der Waals surface area contributed by atoms with Crippen LogP contribution in [0.1, 0.15) is 123 Å². The summed E-state index contributed by atoms with van der Waals surface area (Å²) in [7, 11) is 0. The number of pyridine rings is 1. The molecule has 0 fully saturated rings. The Labute approximate surface area is 455 Å². The maximum atomic E-state index is 7.04. The number of aromatic nitrogens is 2. The molecule has 0 saturated heterocycles. The molecule has 2 aromatic heterocycles. The quantitative estimate of drug-likeness (QED) is 0.128. The molecule has 0 atom stereocenters. The van der Waals surface area contributed by atoms with Gasteiger partial charge in [-0.3, -0.25) is 0 Å². The Kier molecular flexibility index (Phi) is 13.8. The minimum absolute atomic E-state index is 0. The number of hydrogen-bond donors (Lipinski definition) is 0. The molecule has 3 heterocycles. The van der Waals surface area contributed by atoms with Crippen LogP contribution in [-0.2, 0) is 48.1 Å². The predicted molar refractivity (Wildman–Crippen MR) is 306 cm³/mol. The van der Waals surface area contributed by atoms with Crippen LogP contribution in [0.4, 0.5) is 11.4 Å². The molecule has 0 radical (unpaired) electrons. The molecule has 9 aromatic rings. The van der Waals surface area contributed by atoms with E-state index >= 15 is 0 Å². The van der Waals surface area contributed by atoms with Crippen molar-refractivity contribution >= 4 is 33.2 Å². The van der Waals surface area contributed by atoms with E-state index in [-0.39, 0.29) is 48.1 Å². The summed E-state index contributed by atoms with van der Waals surface area (Å²) in [5, 5.41) is 2.19. The van der Waals surface area contributed by atoms with Gasteiger partial charge in [-0.2, -0.15) is 6.07 Å². The smallest absolute Gasteiger partial charge is 0.135 e. The fourth-order valence-electron chi connectivity index (χ4n) is 10.1. The van der Waals surface area contributed by atoms with Crippen molar-refractivity contribution in [2.24, 2.45) is 0 Å². The first kappa shape index (κ1) is 52.2. The number of rotatable bonds is 10. The summed E-state index contributed by atoms with van der Waals surface area (Å²) in [6.07, 6.45) is 4.25. The van der Waals surface area contributed by atoms with Crippen molar-refractivity contribution in [1.82, 2.24) is 9.55 Å². The van der Waals surface area contributed by atoms with Gasteiger partial charge in [0.15, 0.2) is 0 Å². The van der Waals surface area contributed by atoms with Gasteiger partial charge in [-0.05, 0) is 97.1 Å². The molecule has 1 aliphatic heterocycles. The summed E-state index contributed by atoms with van der Waals surface area (Å²) in [5.74, 6) is 2.03. The monoisotopic (exact) mass is 1150 g/mol. The number of hydrogen-bond acceptors (Lipinski definition) is 4. The third kappa shape index (κ3) is 10.1. The number of anilines is 2. The minimum atomic E-state index is -0.387. The Bertz CT molecular complexity index is 3480. The molecule has 6 heteroatoms. The largest absolute Gasteiger partial charge is 0.509 e. The van der Waals surface area contributed by atoms with Crippen LogP contribution in [-0.4, -0.2) is 9.55 Å². The van der Waals surface area contributed by atoms with Crippen LogP contribution < -0.4 is 14.5 Å². The molecule has 0 amide bonds. The molecule has 7 aromatic carbocycles. The van der Waals surface area contributed by atoms with Gasteiger partial charge in [0.2, 0.25) is 0 Å². The van der Waals surface area contributed by atoms with Crippen molar-refractivity contribution in [2.45, 2.75) is 117 Å². The number of fused-ring (bicyclic) bond motifs is 3. The van der Waals surface area contributed by atoms with E-state index in [9.17, 15) is 0 Å². The van der Waals surface area contributed by atoms with Crippen LogP contribution in [0.2, 0.25) is 0 Å². The first-order valence-electron chi connectivity index (χ1n) is 25.8. The van der Waals surface area contributed by atoms with E-state index < -0.39 is 0 Å². The van der Waals surface area contributed by atoms with Crippen LogP contribution in [0.3, 0.4) is 0 Å². The molecule has 0 aliphatic carbocycles. The molecule has 1 aliphatic rings. The molecule has 5 nitrogen and oxygen atoms in total. The van der Waals surface area contributed by atoms with Gasteiger partial charge >= 0.3 is 0 Å². The summed E-state index contributed by atoms with van der Waals surface area (Å²) in [4.78, 5) is 9.69. The van der Waals surface area contributed by atoms with Crippen LogP contribution >= 0.6 is 0 Å². The van der Waals surface area contributed by atoms with Crippen LogP contribution in [0.5, 0.6) is 11.5 Å². The zero-order chi connectivity index (χ0) is 51.7. The fourth-order valence-corrected chi connectivity index (χ4v) is 10.1. The zero-order valence-electron chi connectivity index (χ0n) is 45.3. The second-order valence-electron chi connectivity index (χ2n) is 24.0. The van der Waals surface area contributed by atoms with Crippen molar-refractivity contribution in [1.29, 1.82) is 0 Å². The third-order valence-electron chi connectivity index (χ3n) is 15.0. The molecular weight excluding hydrogens is 1080 g/mol. The normalized spacial score (nSPS) is 13.6. The number of allylic oxidation sites excluding steroid dienone is 1. The van der Waals surface area contributed by atoms with Crippen molar-refractivity contribution in [3.05, 3.63) is 234 Å². The SMILES string of the molecule is CC(C)(C)c1cc(Oc2[c-]c3c(cc2)c2cc(-c4ccccc4)ccc2n3-c2cc(C(C)(C)c3ccccc3)ccn2)[c-]c(N2[CH-]N(c3cc(C(C)(C)C)cc(C(C)(C)C)c3)C=C2C(C)(C)c2ccccc2)c1.[Pt]. The Morgan fingerprint density at radius 1 is 0.473 bits per heavy atom. The second-order valence-corrected chi connectivity index (χ2v) is 24.0. The van der Waals surface area contributed by atoms with Gasteiger partial charge in [0.05, 0.1) is 0 Å². The first-order chi connectivity index (χ1) is 34.6. The molecule has 74 heavy (non-hydrogen) atoms. The van der Waals surface area contributed by atoms with Gasteiger partial charge in [-0.1, -0.05) is 205 Å². The molecule has 0 N–H and O–H groups in total. The number of benzene rings is 7. The van der Waals surface area contributed by atoms with E-state index in [1.807, 2.05) is 12.3 Å². The van der Waals surface area contributed by atoms with E-state index in [0.29, 0.717) is 11.5 Å². The summed E-state index contributed by atoms with van der Waals surface area (Å²) in [6.45, 7) is 32.0. The standard InChI is InChI=1S/C68H69N4O.Pt/c1-64(2,3)51-36-52(65(4,5)6)38-54(37-51)70-44-62(68(12,13)49-27-21-16-22-28-49)71(45-70)55-39-53(66(7,8)9)40-57(42-55)73-56-30-31-58-59-35-47(46-23-17-14-18-24-46)29-32-60(59)72(61(58)43-56)63-41-50(33-34-69-63)67(10,11)48-25-19-15-20-26-48;/h14-41,44-45H,1-13H3;/q-3;. The Morgan fingerprint density at radius 3 is 1.66 bits per heavy atom. The van der Waals surface area contributed by atoms with Crippen LogP contribution in [0.15, 0.2) is 182 Å². The van der Waals surface area contributed by atoms with E-state index in [1.54, 1.807) is 0 Å². The van der Waals surface area contributed by atoms with Gasteiger partial charge in [0.1, 0.15) is 5.82 Å². The van der Waals surface area contributed by atoms with Gasteiger partial charge in [0, 0.05) is 66.5 Å². The van der Waals surface area contributed by atoms with Gasteiger partial charge < -0.3 is 19.1 Å². The van der Waals surface area contributed by atoms with E-state index in [2.05, 4.69) is 287 Å². The molecule has 10 rings (SSSR count). The average Bonchev–Trinajstić information content (AvgIpc) is 3.97. The number of nitrogens with zero attached hydrogens (tertiary/aromatic N) is 4. The zero-order valence-corrected chi connectivity index (χ0v) is 47.6. The minimum Gasteiger partial charge on any atom is -0.509 e. The first-order valence-corrected chi connectivity index (χ1v) is 25.8. The van der Waals surface area contributed by atoms with Crippen molar-refractivity contribution < 1.29 is 25.8 Å². The average molecular weight is 1150 g/mol. The van der Waals surface area contributed by atoms with Crippen molar-refractivity contribution in [3.63, 3.8) is 0 Å². The van der Waals surface area contributed by atoms with E-state index in [4.69, 9.17) is 9.72 Å². The fraction of sp³-hybridized carbons (Fsp3) is 0.265. The summed E-state index contributed by atoms with van der Waals surface area (Å²) < 4.78 is 9.29. The van der Waals surface area contributed by atoms with Gasteiger partial charge in [-0.15, -0.1) is 53.6 Å². The van der Waals surface area contributed by atoms with E-state index in [0.717, 1.165) is 55.8 Å². The molecule has 0 bridgehead atoms. The Morgan fingerprint density at radius 2 is 1.05 bits per heavy atom. The summed E-state index contributed by atoms with van der Waals surface area (Å²) in [5.41, 5.74) is 13.9. The predicted octanol–water partition coefficient (Wildman–Crippen LogP) is 17.7. The Hall–Kier alpha value is -6.68. The van der Waals surface area contributed by atoms with Crippen LogP contribution in [0.25, 0.3) is 38.8 Å². The third-order valence-corrected chi connectivity index (χ3v) is 15.0. The topological polar surface area (TPSA) is 33.5 Å². The van der Waals surface area contributed by atoms with Gasteiger partial charge in [-0.25, -0.2) is 4.98 Å². The maximum Gasteiger partial charge on any atom is 0.135 e. The molecule has 380 valence electrons. The van der Waals surface area contributed by atoms with Crippen LogP contribution in [0, 0.1) is 18.8 Å². The second kappa shape index (κ2) is 19.5. The van der Waals surface area contributed by atoms with E-state index in [1.165, 1.54) is 33.4 Å². The number of ether oxygens (including phenoxy) is 1. The molecular formula is C68H69N4OPt-3. The summed E-state index contributed by atoms with van der Waals surface area (Å²) >= 11 is 0. The molecule has 0 unspecified atom stereocenters. The van der Waals surface area contributed by atoms with Crippen molar-refractivity contribution in [2.75, 3.05) is 9.80 Å².